The number of rotatable bonds is 6. The smallest absolute Gasteiger partial charge is 0.351 e. The summed E-state index contributed by atoms with van der Waals surface area (Å²) < 4.78 is 64.7. The van der Waals surface area contributed by atoms with Crippen LogP contribution in [0.15, 0.2) is 12.3 Å². The van der Waals surface area contributed by atoms with Crippen LogP contribution in [0.25, 0.3) is 0 Å². The molecule has 138 valence electrons. The number of hydrogen-bond donors (Lipinski definition) is 1. The van der Waals surface area contributed by atoms with E-state index >= 15 is 0 Å². The zero-order valence-electron chi connectivity index (χ0n) is 12.8. The lowest BCUT2D eigenvalue weighted by Gasteiger charge is -2.08. The van der Waals surface area contributed by atoms with Crippen LogP contribution in [-0.4, -0.2) is 32.0 Å². The summed E-state index contributed by atoms with van der Waals surface area (Å²) in [6.45, 7) is -1.45. The summed E-state index contributed by atoms with van der Waals surface area (Å²) >= 11 is 5.62. The minimum Gasteiger partial charge on any atom is -0.351 e. The molecule has 0 fully saturated rings. The molecular weight excluding hydrogens is 373 g/mol. The van der Waals surface area contributed by atoms with Gasteiger partial charge in [-0.2, -0.15) is 36.8 Å². The van der Waals surface area contributed by atoms with E-state index in [0.717, 1.165) is 16.9 Å². The Morgan fingerprint density at radius 1 is 1.40 bits per heavy atom. The van der Waals surface area contributed by atoms with E-state index in [0.29, 0.717) is 0 Å². The van der Waals surface area contributed by atoms with Gasteiger partial charge in [-0.25, -0.2) is 0 Å². The van der Waals surface area contributed by atoms with Gasteiger partial charge in [-0.3, -0.25) is 9.48 Å². The van der Waals surface area contributed by atoms with Gasteiger partial charge >= 0.3 is 12.7 Å². The first kappa shape index (κ1) is 19.2. The molecule has 25 heavy (non-hydrogen) atoms. The Morgan fingerprint density at radius 2 is 2.08 bits per heavy atom. The highest BCUT2D eigenvalue weighted by atomic mass is 35.5. The molecule has 0 saturated carbocycles. The average molecular weight is 386 g/mol. The van der Waals surface area contributed by atoms with Crippen molar-refractivity contribution in [1.82, 2.24) is 24.9 Å². The van der Waals surface area contributed by atoms with Crippen LogP contribution < -0.4 is 5.32 Å². The van der Waals surface area contributed by atoms with Gasteiger partial charge in [0.2, 0.25) is 0 Å². The van der Waals surface area contributed by atoms with Gasteiger partial charge in [0, 0.05) is 19.3 Å². The molecule has 2 aromatic heterocycles. The summed E-state index contributed by atoms with van der Waals surface area (Å²) in [5, 5.41) is 8.67. The van der Waals surface area contributed by atoms with Crippen molar-refractivity contribution in [3.8, 4) is 0 Å². The summed E-state index contributed by atoms with van der Waals surface area (Å²) in [6.07, 6.45) is -3.37. The molecule has 2 rings (SSSR count). The molecule has 12 heteroatoms. The Hall–Kier alpha value is -2.17. The monoisotopic (exact) mass is 385 g/mol. The summed E-state index contributed by atoms with van der Waals surface area (Å²) in [7, 11) is 0. The van der Waals surface area contributed by atoms with Crippen molar-refractivity contribution in [2.45, 2.75) is 32.6 Å². The maximum atomic E-state index is 12.7. The Balaban J connectivity index is 1.92. The molecule has 0 aliphatic carbocycles. The van der Waals surface area contributed by atoms with Crippen LogP contribution in [-0.2, 0) is 12.7 Å². The topological polar surface area (TPSA) is 64.7 Å². The van der Waals surface area contributed by atoms with E-state index in [1.54, 1.807) is 0 Å². The van der Waals surface area contributed by atoms with Crippen molar-refractivity contribution in [2.75, 3.05) is 6.54 Å². The van der Waals surface area contributed by atoms with Crippen molar-refractivity contribution in [3.63, 3.8) is 0 Å². The largest absolute Gasteiger partial charge is 0.436 e. The summed E-state index contributed by atoms with van der Waals surface area (Å²) in [4.78, 5) is 11.8. The Labute approximate surface area is 143 Å². The lowest BCUT2D eigenvalue weighted by molar-refractivity contribution is -0.141. The first-order valence-electron chi connectivity index (χ1n) is 7.03. The number of aryl methyl sites for hydroxylation is 1. The molecule has 2 heterocycles. The van der Waals surface area contributed by atoms with E-state index in [9.17, 15) is 26.7 Å². The minimum atomic E-state index is -4.66. The van der Waals surface area contributed by atoms with E-state index in [1.807, 2.05) is 0 Å². The maximum Gasteiger partial charge on any atom is 0.436 e. The van der Waals surface area contributed by atoms with Gasteiger partial charge in [-0.1, -0.05) is 11.6 Å². The Bertz CT molecular complexity index is 755. The van der Waals surface area contributed by atoms with Crippen LogP contribution in [0.5, 0.6) is 0 Å². The van der Waals surface area contributed by atoms with Gasteiger partial charge < -0.3 is 5.32 Å². The highest BCUT2D eigenvalue weighted by molar-refractivity contribution is 6.31. The highest BCUT2D eigenvalue weighted by Crippen LogP contribution is 2.35. The molecule has 6 nitrogen and oxygen atoms in total. The van der Waals surface area contributed by atoms with Gasteiger partial charge in [-0.15, -0.1) is 0 Å². The highest BCUT2D eigenvalue weighted by Gasteiger charge is 2.38. The molecule has 0 atom stereocenters. The van der Waals surface area contributed by atoms with Crippen LogP contribution in [0, 0.1) is 6.92 Å². The number of nitrogens with zero attached hydrogens (tertiary/aromatic N) is 4. The fraction of sp³-hybridized carbons (Fsp3) is 0.462. The summed E-state index contributed by atoms with van der Waals surface area (Å²) in [6, 6.07) is 1.13. The molecule has 0 aromatic carbocycles. The number of amides is 1. The van der Waals surface area contributed by atoms with Crippen molar-refractivity contribution >= 4 is 17.5 Å². The molecular formula is C13H13ClF5N5O. The molecule has 0 saturated heterocycles. The number of hydrogen-bond acceptors (Lipinski definition) is 3. The third-order valence-electron chi connectivity index (χ3n) is 3.32. The second kappa shape index (κ2) is 7.38. The van der Waals surface area contributed by atoms with Gasteiger partial charge in [-0.05, 0) is 19.4 Å². The molecule has 0 radical (unpaired) electrons. The van der Waals surface area contributed by atoms with Gasteiger partial charge in [0.05, 0.1) is 10.7 Å². The number of alkyl halides is 5. The van der Waals surface area contributed by atoms with Crippen LogP contribution in [0.1, 0.15) is 34.8 Å². The first-order valence-corrected chi connectivity index (χ1v) is 7.40. The Kier molecular flexibility index (Phi) is 5.65. The van der Waals surface area contributed by atoms with E-state index in [1.165, 1.54) is 6.92 Å². The number of aromatic nitrogens is 4. The van der Waals surface area contributed by atoms with Crippen LogP contribution in [0.2, 0.25) is 5.02 Å². The lowest BCUT2D eigenvalue weighted by Crippen LogP contribution is -2.28. The average Bonchev–Trinajstić information content (AvgIpc) is 3.10. The maximum absolute atomic E-state index is 12.7. The molecule has 0 spiro atoms. The second-order valence-corrected chi connectivity index (χ2v) is 5.39. The summed E-state index contributed by atoms with van der Waals surface area (Å²) in [5.41, 5.74) is -1.33. The number of halogens is 6. The lowest BCUT2D eigenvalue weighted by atomic mass is 10.3. The van der Waals surface area contributed by atoms with Gasteiger partial charge in [0.15, 0.2) is 5.69 Å². The molecule has 0 aliphatic heterocycles. The van der Waals surface area contributed by atoms with Crippen molar-refractivity contribution in [3.05, 3.63) is 34.4 Å². The third-order valence-corrected chi connectivity index (χ3v) is 3.77. The van der Waals surface area contributed by atoms with Gasteiger partial charge in [0.25, 0.3) is 5.91 Å². The fourth-order valence-corrected chi connectivity index (χ4v) is 2.34. The predicted molar refractivity (Wildman–Crippen MR) is 77.4 cm³/mol. The van der Waals surface area contributed by atoms with E-state index < -0.39 is 29.3 Å². The zero-order chi connectivity index (χ0) is 18.8. The molecule has 1 amide bonds. The number of carbonyl (C=O) groups excluding carboxylic acids is 1. The standard InChI is InChI=1S/C13H13ClF5N5O/c1-7-9(14)10(13(17,18)19)22-23(7)6-2-4-20-11(25)8-3-5-21-24(8)12(15)16/h3,5,12H,2,4,6H2,1H3,(H,20,25). The minimum absolute atomic E-state index is 0.0471. The normalized spacial score (nSPS) is 12.0. The molecule has 1 N–H and O–H groups in total. The third kappa shape index (κ3) is 4.27. The molecule has 0 aliphatic rings. The number of nitrogens with one attached hydrogen (secondary N) is 1. The van der Waals surface area contributed by atoms with Gasteiger partial charge in [0.1, 0.15) is 5.69 Å². The van der Waals surface area contributed by atoms with Crippen LogP contribution >= 0.6 is 11.6 Å². The SMILES string of the molecule is Cc1c(Cl)c(C(F)(F)F)nn1CCCNC(=O)c1ccnn1C(F)F. The summed E-state index contributed by atoms with van der Waals surface area (Å²) in [5.74, 6) is -0.760. The molecule has 0 bridgehead atoms. The fourth-order valence-electron chi connectivity index (χ4n) is 2.09. The second-order valence-electron chi connectivity index (χ2n) is 5.02. The van der Waals surface area contributed by atoms with Crippen LogP contribution in [0.3, 0.4) is 0 Å². The number of carbonyl (C=O) groups is 1. The first-order chi connectivity index (χ1) is 11.6. The quantitative estimate of drug-likeness (QED) is 0.613. The van der Waals surface area contributed by atoms with Crippen molar-refractivity contribution < 1.29 is 26.7 Å². The zero-order valence-corrected chi connectivity index (χ0v) is 13.6. The predicted octanol–water partition coefficient (Wildman–Crippen LogP) is 3.28. The van der Waals surface area contributed by atoms with E-state index in [2.05, 4.69) is 15.5 Å². The van der Waals surface area contributed by atoms with Crippen LogP contribution in [0.4, 0.5) is 22.0 Å². The Morgan fingerprint density at radius 3 is 2.64 bits per heavy atom. The van der Waals surface area contributed by atoms with E-state index in [4.69, 9.17) is 11.6 Å². The van der Waals surface area contributed by atoms with Crippen molar-refractivity contribution in [2.24, 2.45) is 0 Å². The van der Waals surface area contributed by atoms with Crippen molar-refractivity contribution in [1.29, 1.82) is 0 Å². The molecule has 2 aromatic rings. The van der Waals surface area contributed by atoms with E-state index in [-0.39, 0.29) is 35.6 Å². The molecule has 0 unspecified atom stereocenters.